The van der Waals surface area contributed by atoms with Crippen molar-refractivity contribution in [3.05, 3.63) is 234 Å². The number of aromatic nitrogens is 5. The number of benzene rings is 10. The van der Waals surface area contributed by atoms with E-state index in [2.05, 4.69) is 266 Å². The molecule has 14 rings (SSSR count). The number of imidazole rings is 2. The fraction of sp³-hybridized carbons (Fsp3) is 0.182. The Morgan fingerprint density at radius 3 is 1.52 bits per heavy atom. The number of rotatable bonds is 12. The molecule has 0 amide bonds. The minimum Gasteiger partial charge on any atom is -0.501 e. The minimum absolute atomic E-state index is 0. The molecule has 0 atom stereocenters. The average Bonchev–Trinajstić information content (AvgIpc) is 2.00. The standard InChI is InChI=1S/C77H65N5O2.Pt/c1-44(2)59-37-54(50-22-13-11-14-23-50)38-60(45(3)4)73(59)81-69-30-19-17-28-67(69)79-76(81)53-26-21-27-57(35-53)83-58-42-65-72-64-41-56-34-48(9)78-49(10)63(56)36-52(64)32-33-71(72)84-75(65)66(43-58)77-80-68-29-18-20-31-70(68)82(77)74-61(46(5)6)39-55(40-62(74)47(7)8)51-24-15-12-16-25-51;/h11-34,36-42,44-47H,1-10H3;/q-2;+2. The Balaban J connectivity index is 0.00000672. The molecule has 4 aromatic heterocycles. The van der Waals surface area contributed by atoms with Crippen molar-refractivity contribution in [3.8, 4) is 67.9 Å². The van der Waals surface area contributed by atoms with E-state index in [0.29, 0.717) is 28.5 Å². The van der Waals surface area contributed by atoms with Crippen molar-refractivity contribution >= 4 is 65.6 Å². The van der Waals surface area contributed by atoms with Gasteiger partial charge in [-0.3, -0.25) is 15.0 Å². The maximum Gasteiger partial charge on any atom is 2.00 e. The maximum absolute atomic E-state index is 7.22. The Morgan fingerprint density at radius 2 is 0.953 bits per heavy atom. The third kappa shape index (κ3) is 9.63. The molecule has 10 aromatic carbocycles. The number of furan rings is 1. The summed E-state index contributed by atoms with van der Waals surface area (Å²) in [5.41, 5.74) is 20.7. The molecule has 0 N–H and O–H groups in total. The van der Waals surface area contributed by atoms with Crippen molar-refractivity contribution in [2.75, 3.05) is 0 Å². The van der Waals surface area contributed by atoms with Crippen LogP contribution in [0.4, 0.5) is 0 Å². The third-order valence-corrected chi connectivity index (χ3v) is 16.8. The van der Waals surface area contributed by atoms with Gasteiger partial charge in [-0.05, 0) is 171 Å². The zero-order valence-electron chi connectivity index (χ0n) is 49.6. The van der Waals surface area contributed by atoms with E-state index in [1.165, 1.54) is 44.5 Å². The summed E-state index contributed by atoms with van der Waals surface area (Å²) >= 11 is 0. The summed E-state index contributed by atoms with van der Waals surface area (Å²) < 4.78 is 19.2. The monoisotopic (exact) mass is 1290 g/mol. The molecule has 7 nitrogen and oxygen atoms in total. The van der Waals surface area contributed by atoms with Crippen LogP contribution in [0.2, 0.25) is 0 Å². The van der Waals surface area contributed by atoms with E-state index in [1.807, 2.05) is 12.1 Å². The average molecular weight is 1290 g/mol. The predicted molar refractivity (Wildman–Crippen MR) is 348 cm³/mol. The number of hydrogen-bond donors (Lipinski definition) is 0. The van der Waals surface area contributed by atoms with Crippen LogP contribution in [0.1, 0.15) is 113 Å². The van der Waals surface area contributed by atoms with Gasteiger partial charge in [0.25, 0.3) is 0 Å². The largest absolute Gasteiger partial charge is 2.00 e. The van der Waals surface area contributed by atoms with Gasteiger partial charge in [0.15, 0.2) is 0 Å². The van der Waals surface area contributed by atoms with E-state index < -0.39 is 0 Å². The first-order valence-corrected chi connectivity index (χ1v) is 29.5. The topological polar surface area (TPSA) is 70.9 Å². The zero-order chi connectivity index (χ0) is 57.7. The molecule has 14 aromatic rings. The molecule has 8 heteroatoms. The number of ether oxygens (including phenoxy) is 1. The molecule has 0 saturated carbocycles. The van der Waals surface area contributed by atoms with Crippen LogP contribution in [0.3, 0.4) is 0 Å². The molecule has 0 radical (unpaired) electrons. The number of fused-ring (bicyclic) bond motifs is 8. The third-order valence-electron chi connectivity index (χ3n) is 16.8. The van der Waals surface area contributed by atoms with E-state index in [1.54, 1.807) is 0 Å². The van der Waals surface area contributed by atoms with E-state index in [9.17, 15) is 0 Å². The number of aryl methyl sites for hydroxylation is 2. The first-order valence-electron chi connectivity index (χ1n) is 29.5. The van der Waals surface area contributed by atoms with Crippen molar-refractivity contribution < 1.29 is 30.2 Å². The summed E-state index contributed by atoms with van der Waals surface area (Å²) in [5, 5.41) is 6.31. The molecule has 0 aliphatic rings. The van der Waals surface area contributed by atoms with Gasteiger partial charge in [-0.25, -0.2) is 0 Å². The van der Waals surface area contributed by atoms with E-state index in [-0.39, 0.29) is 44.7 Å². The molecule has 0 spiro atoms. The van der Waals surface area contributed by atoms with Gasteiger partial charge in [0.2, 0.25) is 0 Å². The van der Waals surface area contributed by atoms with Crippen LogP contribution in [-0.2, 0) is 21.1 Å². The SMILES string of the molecule is Cc1cc2cc3c(ccc4oc5c(-c6nc7ccccc7n6-c6c(C(C)C)cc(-c7ccccc7)cc6C(C)C)[c-]c(Oc6[c-]c(-c7nc8ccccc8n7-c7c(C(C)C)cc(-c8ccccc8)cc7C(C)C)ccc6)cc5c43)cc2c(C)n1.[Pt+2]. The second kappa shape index (κ2) is 21.9. The molecule has 0 fully saturated rings. The minimum atomic E-state index is 0. The summed E-state index contributed by atoms with van der Waals surface area (Å²) in [5.74, 6) is 3.28. The maximum atomic E-state index is 7.22. The molecule has 0 bridgehead atoms. The summed E-state index contributed by atoms with van der Waals surface area (Å²) in [6.07, 6.45) is 0. The van der Waals surface area contributed by atoms with Gasteiger partial charge in [-0.15, -0.1) is 23.8 Å². The fourth-order valence-corrected chi connectivity index (χ4v) is 12.7. The van der Waals surface area contributed by atoms with Gasteiger partial charge in [0.05, 0.1) is 39.3 Å². The molecule has 0 unspecified atom stereocenters. The quantitative estimate of drug-likeness (QED) is 0.0900. The van der Waals surface area contributed by atoms with Crippen LogP contribution in [0.5, 0.6) is 11.5 Å². The Bertz CT molecular complexity index is 4850. The summed E-state index contributed by atoms with van der Waals surface area (Å²) in [6.45, 7) is 22.4. The predicted octanol–water partition coefficient (Wildman–Crippen LogP) is 21.1. The van der Waals surface area contributed by atoms with Crippen molar-refractivity contribution in [2.45, 2.75) is 92.9 Å². The summed E-state index contributed by atoms with van der Waals surface area (Å²) in [4.78, 5) is 15.9. The summed E-state index contributed by atoms with van der Waals surface area (Å²) in [7, 11) is 0. The Hall–Kier alpha value is -8.90. The smallest absolute Gasteiger partial charge is 0.501 e. The molecular formula is C77H65N5O2Pt. The summed E-state index contributed by atoms with van der Waals surface area (Å²) in [6, 6.07) is 74.6. The van der Waals surface area contributed by atoms with Gasteiger partial charge < -0.3 is 18.3 Å². The molecule has 420 valence electrons. The number of pyridine rings is 1. The van der Waals surface area contributed by atoms with Crippen molar-refractivity contribution in [3.63, 3.8) is 0 Å². The molecule has 0 saturated heterocycles. The fourth-order valence-electron chi connectivity index (χ4n) is 12.7. The molecular weight excluding hydrogens is 1220 g/mol. The molecule has 0 aliphatic carbocycles. The van der Waals surface area contributed by atoms with Crippen LogP contribution in [0.25, 0.3) is 122 Å². The molecule has 4 heterocycles. The van der Waals surface area contributed by atoms with Gasteiger partial charge in [0, 0.05) is 45.0 Å². The van der Waals surface area contributed by atoms with E-state index in [0.717, 1.165) is 94.1 Å². The Morgan fingerprint density at radius 1 is 0.435 bits per heavy atom. The van der Waals surface area contributed by atoms with Crippen molar-refractivity contribution in [1.82, 2.24) is 24.1 Å². The Labute approximate surface area is 511 Å². The molecule has 85 heavy (non-hydrogen) atoms. The van der Waals surface area contributed by atoms with Gasteiger partial charge in [-0.2, -0.15) is 0 Å². The normalized spacial score (nSPS) is 12.0. The van der Waals surface area contributed by atoms with E-state index in [4.69, 9.17) is 24.1 Å². The first kappa shape index (κ1) is 55.3. The second-order valence-corrected chi connectivity index (χ2v) is 23.8. The van der Waals surface area contributed by atoms with Gasteiger partial charge in [-0.1, -0.05) is 176 Å². The first-order chi connectivity index (χ1) is 40.8. The Kier molecular flexibility index (Phi) is 14.3. The van der Waals surface area contributed by atoms with Crippen molar-refractivity contribution in [1.29, 1.82) is 0 Å². The van der Waals surface area contributed by atoms with Gasteiger partial charge in [0.1, 0.15) is 5.58 Å². The second-order valence-electron chi connectivity index (χ2n) is 23.8. The zero-order valence-corrected chi connectivity index (χ0v) is 51.8. The van der Waals surface area contributed by atoms with Crippen LogP contribution in [0.15, 0.2) is 192 Å². The van der Waals surface area contributed by atoms with Crippen LogP contribution in [-0.4, -0.2) is 24.1 Å². The van der Waals surface area contributed by atoms with Crippen LogP contribution < -0.4 is 4.74 Å². The van der Waals surface area contributed by atoms with Crippen LogP contribution >= 0.6 is 0 Å². The van der Waals surface area contributed by atoms with E-state index >= 15 is 0 Å². The van der Waals surface area contributed by atoms with Gasteiger partial charge >= 0.3 is 21.1 Å². The molecule has 0 aliphatic heterocycles. The number of nitrogens with zero attached hydrogens (tertiary/aromatic N) is 5. The number of para-hydroxylation sites is 4. The van der Waals surface area contributed by atoms with Crippen molar-refractivity contribution in [2.24, 2.45) is 0 Å². The number of hydrogen-bond acceptors (Lipinski definition) is 5. The van der Waals surface area contributed by atoms with Crippen LogP contribution in [0, 0.1) is 26.0 Å².